The van der Waals surface area contributed by atoms with Crippen LogP contribution in [-0.4, -0.2) is 70.3 Å². The molecule has 5 rings (SSSR count). The monoisotopic (exact) mass is 571 g/mol. The maximum absolute atomic E-state index is 12.6. The summed E-state index contributed by atoms with van der Waals surface area (Å²) < 4.78 is 7.87. The summed E-state index contributed by atoms with van der Waals surface area (Å²) in [4.78, 5) is 22.0. The van der Waals surface area contributed by atoms with Crippen LogP contribution in [0.2, 0.25) is 10.0 Å². The summed E-state index contributed by atoms with van der Waals surface area (Å²) in [6, 6.07) is 12.7. The van der Waals surface area contributed by atoms with Crippen molar-refractivity contribution in [3.63, 3.8) is 0 Å². The van der Waals surface area contributed by atoms with Crippen LogP contribution in [0.3, 0.4) is 0 Å². The van der Waals surface area contributed by atoms with Crippen LogP contribution in [-0.2, 0) is 17.8 Å². The van der Waals surface area contributed by atoms with Gasteiger partial charge in [0.15, 0.2) is 0 Å². The number of hydrogen-bond acceptors (Lipinski definition) is 5. The van der Waals surface area contributed by atoms with Crippen molar-refractivity contribution in [1.29, 1.82) is 0 Å². The third kappa shape index (κ3) is 7.07. The molecule has 3 heterocycles. The van der Waals surface area contributed by atoms with Crippen LogP contribution in [0.1, 0.15) is 62.9 Å². The van der Waals surface area contributed by atoms with Gasteiger partial charge in [0.25, 0.3) is 0 Å². The number of halogens is 2. The third-order valence-electron chi connectivity index (χ3n) is 7.53. The van der Waals surface area contributed by atoms with Gasteiger partial charge < -0.3 is 19.5 Å². The first-order valence-electron chi connectivity index (χ1n) is 14.0. The summed E-state index contributed by atoms with van der Waals surface area (Å²) in [6.45, 7) is 13.0. The van der Waals surface area contributed by atoms with Crippen molar-refractivity contribution in [1.82, 2.24) is 24.7 Å². The molecule has 1 N–H and O–H groups in total. The second kappa shape index (κ2) is 12.0. The zero-order valence-corrected chi connectivity index (χ0v) is 24.7. The van der Waals surface area contributed by atoms with Gasteiger partial charge in [0.1, 0.15) is 11.4 Å². The van der Waals surface area contributed by atoms with Gasteiger partial charge in [-0.25, -0.2) is 9.78 Å². The fraction of sp³-hybridized carbons (Fsp3) is 0.533. The normalized spacial score (nSPS) is 17.9. The molecule has 0 bridgehead atoms. The van der Waals surface area contributed by atoms with E-state index in [1.54, 1.807) is 0 Å². The summed E-state index contributed by atoms with van der Waals surface area (Å²) in [5, 5.41) is 4.51. The molecule has 0 saturated carbocycles. The van der Waals surface area contributed by atoms with Gasteiger partial charge in [-0.1, -0.05) is 47.5 Å². The predicted octanol–water partition coefficient (Wildman–Crippen LogP) is 6.30. The molecule has 2 saturated heterocycles. The number of nitrogens with one attached hydrogen (secondary N) is 1. The van der Waals surface area contributed by atoms with Crippen LogP contribution >= 0.6 is 23.2 Å². The number of likely N-dealkylation sites (tertiary alicyclic amines) is 1. The molecule has 39 heavy (non-hydrogen) atoms. The highest BCUT2D eigenvalue weighted by atomic mass is 35.5. The standard InChI is InChI=1S/C30H39Cl2N5O2/c1-30(2,3)39-29(38)36-14-9-23(10-15-36)28-34-26-17-24(31)25(32)18-27(26)37(28)20-22-7-5-21(6-8-22)19-35-13-4-11-33-12-16-35/h5-8,17-18,23,33H,4,9-16,19-20H2,1-3H3. The third-order valence-corrected chi connectivity index (χ3v) is 8.26. The van der Waals surface area contributed by atoms with Crippen molar-refractivity contribution in [3.05, 3.63) is 63.4 Å². The molecule has 0 spiro atoms. The lowest BCUT2D eigenvalue weighted by Gasteiger charge is -2.33. The Hall–Kier alpha value is -2.32. The first-order chi connectivity index (χ1) is 18.7. The second-order valence-electron chi connectivity index (χ2n) is 11.7. The molecule has 0 radical (unpaired) electrons. The minimum atomic E-state index is -0.500. The highest BCUT2D eigenvalue weighted by molar-refractivity contribution is 6.42. The van der Waals surface area contributed by atoms with Crippen LogP contribution in [0.5, 0.6) is 0 Å². The molecule has 3 aromatic rings. The zero-order chi connectivity index (χ0) is 27.6. The number of nitrogens with zero attached hydrogens (tertiary/aromatic N) is 4. The van der Waals surface area contributed by atoms with Gasteiger partial charge in [-0.15, -0.1) is 0 Å². The summed E-state index contributed by atoms with van der Waals surface area (Å²) in [5.41, 5.74) is 3.88. The number of hydrogen-bond donors (Lipinski definition) is 1. The Bertz CT molecular complexity index is 1290. The van der Waals surface area contributed by atoms with Gasteiger partial charge in [-0.3, -0.25) is 4.90 Å². The lowest BCUT2D eigenvalue weighted by atomic mass is 9.96. The van der Waals surface area contributed by atoms with Crippen molar-refractivity contribution in [2.75, 3.05) is 39.3 Å². The molecular weight excluding hydrogens is 533 g/mol. The molecule has 7 nitrogen and oxygen atoms in total. The number of piperidine rings is 1. The highest BCUT2D eigenvalue weighted by Crippen LogP contribution is 2.34. The van der Waals surface area contributed by atoms with Crippen molar-refractivity contribution < 1.29 is 9.53 Å². The molecule has 210 valence electrons. The van der Waals surface area contributed by atoms with E-state index < -0.39 is 5.60 Å². The number of imidazole rings is 1. The number of rotatable bonds is 5. The Labute approximate surface area is 241 Å². The molecule has 2 aromatic carbocycles. The summed E-state index contributed by atoms with van der Waals surface area (Å²) in [6.07, 6.45) is 2.60. The minimum Gasteiger partial charge on any atom is -0.444 e. The van der Waals surface area contributed by atoms with Gasteiger partial charge in [0, 0.05) is 45.2 Å². The maximum Gasteiger partial charge on any atom is 0.410 e. The van der Waals surface area contributed by atoms with E-state index in [0.29, 0.717) is 29.7 Å². The molecule has 0 unspecified atom stereocenters. The lowest BCUT2D eigenvalue weighted by molar-refractivity contribution is 0.0202. The number of carbonyl (C=O) groups excluding carboxylic acids is 1. The molecule has 2 aliphatic rings. The minimum absolute atomic E-state index is 0.226. The Balaban J connectivity index is 1.34. The second-order valence-corrected chi connectivity index (χ2v) is 12.6. The fourth-order valence-corrected chi connectivity index (χ4v) is 5.83. The summed E-state index contributed by atoms with van der Waals surface area (Å²) in [5.74, 6) is 1.25. The first-order valence-corrected chi connectivity index (χ1v) is 14.8. The number of fused-ring (bicyclic) bond motifs is 1. The summed E-state index contributed by atoms with van der Waals surface area (Å²) in [7, 11) is 0. The van der Waals surface area contributed by atoms with E-state index in [0.717, 1.165) is 62.4 Å². The highest BCUT2D eigenvalue weighted by Gasteiger charge is 2.30. The smallest absolute Gasteiger partial charge is 0.410 e. The molecule has 9 heteroatoms. The molecule has 0 atom stereocenters. The van der Waals surface area contributed by atoms with Gasteiger partial charge in [0.05, 0.1) is 21.1 Å². The molecule has 1 aromatic heterocycles. The number of aromatic nitrogens is 2. The number of ether oxygens (including phenoxy) is 1. The van der Waals surface area contributed by atoms with Crippen LogP contribution < -0.4 is 5.32 Å². The molecule has 0 aliphatic carbocycles. The average Bonchev–Trinajstić information content (AvgIpc) is 3.04. The Morgan fingerprint density at radius 3 is 2.33 bits per heavy atom. The molecular formula is C30H39Cl2N5O2. The van der Waals surface area contributed by atoms with Crippen molar-refractivity contribution in [2.45, 2.75) is 64.6 Å². The SMILES string of the molecule is CC(C)(C)OC(=O)N1CCC(c2nc3cc(Cl)c(Cl)cc3n2Cc2ccc(CN3CCCNCC3)cc2)CC1. The van der Waals surface area contributed by atoms with Gasteiger partial charge in [-0.2, -0.15) is 0 Å². The number of benzene rings is 2. The first kappa shape index (κ1) is 28.2. The van der Waals surface area contributed by atoms with E-state index in [1.807, 2.05) is 37.8 Å². The molecule has 1 amide bonds. The van der Waals surface area contributed by atoms with Crippen LogP contribution in [0.4, 0.5) is 4.79 Å². The quantitative estimate of drug-likeness (QED) is 0.389. The Morgan fingerprint density at radius 2 is 1.64 bits per heavy atom. The van der Waals surface area contributed by atoms with Crippen molar-refractivity contribution >= 4 is 40.3 Å². The van der Waals surface area contributed by atoms with Crippen LogP contribution in [0.25, 0.3) is 11.0 Å². The van der Waals surface area contributed by atoms with Crippen molar-refractivity contribution in [3.8, 4) is 0 Å². The summed E-state index contributed by atoms with van der Waals surface area (Å²) >= 11 is 12.8. The number of amides is 1. The molecule has 2 aliphatic heterocycles. The fourth-order valence-electron chi connectivity index (χ4n) is 5.51. The van der Waals surface area contributed by atoms with E-state index >= 15 is 0 Å². The van der Waals surface area contributed by atoms with Crippen molar-refractivity contribution in [2.24, 2.45) is 0 Å². The maximum atomic E-state index is 12.6. The van der Waals surface area contributed by atoms with Gasteiger partial charge in [-0.05, 0) is 76.4 Å². The van der Waals surface area contributed by atoms with E-state index in [1.165, 1.54) is 17.5 Å². The lowest BCUT2D eigenvalue weighted by Crippen LogP contribution is -2.41. The van der Waals surface area contributed by atoms with E-state index in [2.05, 4.69) is 39.0 Å². The Morgan fingerprint density at radius 1 is 0.974 bits per heavy atom. The van der Waals surface area contributed by atoms with E-state index in [9.17, 15) is 4.79 Å². The Kier molecular flexibility index (Phi) is 8.72. The largest absolute Gasteiger partial charge is 0.444 e. The van der Waals surface area contributed by atoms with E-state index in [4.69, 9.17) is 32.9 Å². The van der Waals surface area contributed by atoms with Gasteiger partial charge in [0.2, 0.25) is 0 Å². The van der Waals surface area contributed by atoms with E-state index in [-0.39, 0.29) is 12.0 Å². The average molecular weight is 573 g/mol. The number of carbonyl (C=O) groups is 1. The topological polar surface area (TPSA) is 62.6 Å². The van der Waals surface area contributed by atoms with Crippen LogP contribution in [0, 0.1) is 0 Å². The van der Waals surface area contributed by atoms with Gasteiger partial charge >= 0.3 is 6.09 Å². The van der Waals surface area contributed by atoms with Crippen LogP contribution in [0.15, 0.2) is 36.4 Å². The zero-order valence-electron chi connectivity index (χ0n) is 23.2. The predicted molar refractivity (Wildman–Crippen MR) is 158 cm³/mol. The molecule has 2 fully saturated rings.